The minimum Gasteiger partial charge on any atom is -0.508 e. The van der Waals surface area contributed by atoms with E-state index in [1.807, 2.05) is 0 Å². The summed E-state index contributed by atoms with van der Waals surface area (Å²) in [5.41, 5.74) is 0.217. The number of aliphatic carboxylic acids is 2. The normalized spacial score (nSPS) is 14.2. The van der Waals surface area contributed by atoms with Crippen LogP contribution in [0.3, 0.4) is 0 Å². The molecule has 1 aliphatic heterocycles. The van der Waals surface area contributed by atoms with Crippen molar-refractivity contribution in [3.05, 3.63) is 86.2 Å². The summed E-state index contributed by atoms with van der Waals surface area (Å²) in [4.78, 5) is 34.8. The number of nitrogens with zero attached hydrogens (tertiary/aromatic N) is 1. The Kier molecular flexibility index (Phi) is 6.15. The molecule has 0 aliphatic carbocycles. The van der Waals surface area contributed by atoms with Crippen LogP contribution in [-0.2, 0) is 16.2 Å². The lowest BCUT2D eigenvalue weighted by Gasteiger charge is -2.29. The molecular formula is C22H20N2O8. The number of hydrogen-bond donors (Lipinski definition) is 4. The van der Waals surface area contributed by atoms with Gasteiger partial charge >= 0.3 is 11.9 Å². The smallest absolute Gasteiger partial charge is 0.334 e. The van der Waals surface area contributed by atoms with Crippen molar-refractivity contribution >= 4 is 17.6 Å². The highest BCUT2D eigenvalue weighted by Gasteiger charge is 2.38. The zero-order valence-corrected chi connectivity index (χ0v) is 17.2. The van der Waals surface area contributed by atoms with Gasteiger partial charge in [-0.3, -0.25) is 10.1 Å². The van der Waals surface area contributed by atoms with E-state index in [2.05, 4.69) is 5.32 Å². The molecule has 0 fully saturated rings. The van der Waals surface area contributed by atoms with E-state index in [1.54, 1.807) is 12.1 Å². The van der Waals surface area contributed by atoms with Crippen LogP contribution in [0.1, 0.15) is 30.9 Å². The molecule has 2 aromatic carbocycles. The van der Waals surface area contributed by atoms with Crippen molar-refractivity contribution in [2.24, 2.45) is 0 Å². The number of phenols is 1. The minimum atomic E-state index is -1.36. The number of carbonyl (C=O) groups is 2. The number of allylic oxidation sites excluding steroid dienone is 2. The van der Waals surface area contributed by atoms with Crippen molar-refractivity contribution in [2.45, 2.75) is 26.4 Å². The standard InChI is InChI=1S/C22H20N2O8/c1-11-18(21(26)27)20(19(22(28)29)12(2)23-11)16-9-14(24(30)31)6-7-17(16)32-10-13-4-3-5-15(25)8-13/h3-9,20,23,25H,10H2,1-2H3,(H,26,27)(H,28,29). The maximum Gasteiger partial charge on any atom is 0.334 e. The van der Waals surface area contributed by atoms with Gasteiger partial charge in [0.15, 0.2) is 0 Å². The number of nitro groups is 1. The van der Waals surface area contributed by atoms with Crippen molar-refractivity contribution in [1.29, 1.82) is 0 Å². The Bertz CT molecular complexity index is 1150. The molecule has 0 saturated heterocycles. The third-order valence-corrected chi connectivity index (χ3v) is 5.04. The average Bonchev–Trinajstić information content (AvgIpc) is 2.70. The Morgan fingerprint density at radius 1 is 1.06 bits per heavy atom. The minimum absolute atomic E-state index is 0.0202. The number of dihydropyridines is 1. The third kappa shape index (κ3) is 4.38. The lowest BCUT2D eigenvalue weighted by atomic mass is 9.80. The number of benzene rings is 2. The molecule has 0 bridgehead atoms. The summed E-state index contributed by atoms with van der Waals surface area (Å²) in [6.07, 6.45) is 0. The molecule has 0 aromatic heterocycles. The van der Waals surface area contributed by atoms with E-state index in [0.29, 0.717) is 5.56 Å². The van der Waals surface area contributed by atoms with Crippen LogP contribution in [-0.4, -0.2) is 32.2 Å². The van der Waals surface area contributed by atoms with E-state index in [0.717, 1.165) is 6.07 Å². The summed E-state index contributed by atoms with van der Waals surface area (Å²) >= 11 is 0. The van der Waals surface area contributed by atoms with Crippen molar-refractivity contribution in [1.82, 2.24) is 5.32 Å². The Labute approximate surface area is 182 Å². The molecule has 2 aromatic rings. The second-order valence-corrected chi connectivity index (χ2v) is 7.18. The van der Waals surface area contributed by atoms with Crippen molar-refractivity contribution in [3.8, 4) is 11.5 Å². The second-order valence-electron chi connectivity index (χ2n) is 7.18. The number of nitro benzene ring substituents is 1. The van der Waals surface area contributed by atoms with E-state index in [4.69, 9.17) is 4.74 Å². The fourth-order valence-corrected chi connectivity index (χ4v) is 3.69. The summed E-state index contributed by atoms with van der Waals surface area (Å²) in [5.74, 6) is -3.94. The molecule has 4 N–H and O–H groups in total. The lowest BCUT2D eigenvalue weighted by Crippen LogP contribution is -2.31. The molecule has 3 rings (SSSR count). The zero-order chi connectivity index (χ0) is 23.6. The van der Waals surface area contributed by atoms with E-state index >= 15 is 0 Å². The molecule has 0 amide bonds. The second kappa shape index (κ2) is 8.80. The molecule has 0 atom stereocenters. The summed E-state index contributed by atoms with van der Waals surface area (Å²) in [5, 5.41) is 43.4. The third-order valence-electron chi connectivity index (χ3n) is 5.04. The van der Waals surface area contributed by atoms with Gasteiger partial charge in [-0.25, -0.2) is 9.59 Å². The molecular weight excluding hydrogens is 420 g/mol. The highest BCUT2D eigenvalue weighted by atomic mass is 16.6. The Morgan fingerprint density at radius 2 is 1.69 bits per heavy atom. The van der Waals surface area contributed by atoms with Crippen LogP contribution in [0.15, 0.2) is 65.0 Å². The molecule has 10 nitrogen and oxygen atoms in total. The summed E-state index contributed by atoms with van der Waals surface area (Å²) < 4.78 is 5.81. The molecule has 10 heteroatoms. The maximum atomic E-state index is 12.1. The first kappa shape index (κ1) is 22.3. The van der Waals surface area contributed by atoms with Gasteiger partial charge in [0.1, 0.15) is 18.1 Å². The Balaban J connectivity index is 2.18. The fraction of sp³-hybridized carbons (Fsp3) is 0.182. The van der Waals surface area contributed by atoms with Crippen LogP contribution in [0.4, 0.5) is 5.69 Å². The fourth-order valence-electron chi connectivity index (χ4n) is 3.69. The largest absolute Gasteiger partial charge is 0.508 e. The zero-order valence-electron chi connectivity index (χ0n) is 17.2. The molecule has 1 aliphatic rings. The molecule has 0 spiro atoms. The topological polar surface area (TPSA) is 159 Å². The Morgan fingerprint density at radius 3 is 2.22 bits per heavy atom. The number of ether oxygens (including phenoxy) is 1. The molecule has 166 valence electrons. The van der Waals surface area contributed by atoms with E-state index < -0.39 is 22.8 Å². The lowest BCUT2D eigenvalue weighted by molar-refractivity contribution is -0.384. The molecule has 1 heterocycles. The number of aromatic hydroxyl groups is 1. The first-order valence-corrected chi connectivity index (χ1v) is 9.44. The van der Waals surface area contributed by atoms with Gasteiger partial charge in [0, 0.05) is 29.1 Å². The monoisotopic (exact) mass is 440 g/mol. The summed E-state index contributed by atoms with van der Waals surface area (Å²) in [7, 11) is 0. The van der Waals surface area contributed by atoms with Crippen LogP contribution >= 0.6 is 0 Å². The van der Waals surface area contributed by atoms with Crippen molar-refractivity contribution < 1.29 is 34.6 Å². The molecule has 0 radical (unpaired) electrons. The SMILES string of the molecule is CC1=C(C(=O)O)C(c2cc([N+](=O)[O-])ccc2OCc2cccc(O)c2)C(C(=O)O)=C(C)N1. The molecule has 0 saturated carbocycles. The van der Waals surface area contributed by atoms with Gasteiger partial charge in [0.05, 0.1) is 22.0 Å². The number of carboxylic acids is 2. The number of nitrogens with one attached hydrogen (secondary N) is 1. The number of hydrogen-bond acceptors (Lipinski definition) is 7. The number of carboxylic acid groups (broad SMARTS) is 2. The first-order chi connectivity index (χ1) is 15.1. The van der Waals surface area contributed by atoms with E-state index in [-0.39, 0.29) is 51.9 Å². The van der Waals surface area contributed by atoms with Crippen molar-refractivity contribution in [3.63, 3.8) is 0 Å². The van der Waals surface area contributed by atoms with Crippen LogP contribution in [0.25, 0.3) is 0 Å². The highest BCUT2D eigenvalue weighted by molar-refractivity contribution is 5.98. The number of phenolic OH excluding ortho intramolecular Hbond substituents is 1. The van der Waals surface area contributed by atoms with Gasteiger partial charge in [-0.2, -0.15) is 0 Å². The summed E-state index contributed by atoms with van der Waals surface area (Å²) in [6.45, 7) is 2.94. The summed E-state index contributed by atoms with van der Waals surface area (Å²) in [6, 6.07) is 9.87. The van der Waals surface area contributed by atoms with Gasteiger partial charge in [0.2, 0.25) is 0 Å². The predicted octanol–water partition coefficient (Wildman–Crippen LogP) is 3.28. The van der Waals surface area contributed by atoms with Gasteiger partial charge < -0.3 is 25.4 Å². The van der Waals surface area contributed by atoms with Crippen molar-refractivity contribution in [2.75, 3.05) is 0 Å². The van der Waals surface area contributed by atoms with Gasteiger partial charge in [-0.15, -0.1) is 0 Å². The number of rotatable bonds is 7. The van der Waals surface area contributed by atoms with E-state index in [9.17, 15) is 35.0 Å². The van der Waals surface area contributed by atoms with Gasteiger partial charge in [-0.05, 0) is 37.6 Å². The first-order valence-electron chi connectivity index (χ1n) is 9.44. The van der Waals surface area contributed by atoms with Crippen LogP contribution < -0.4 is 10.1 Å². The van der Waals surface area contributed by atoms with E-state index in [1.165, 1.54) is 38.1 Å². The predicted molar refractivity (Wildman–Crippen MR) is 112 cm³/mol. The average molecular weight is 440 g/mol. The van der Waals surface area contributed by atoms with Crippen LogP contribution in [0.2, 0.25) is 0 Å². The Hall–Kier alpha value is -4.34. The maximum absolute atomic E-state index is 12.1. The van der Waals surface area contributed by atoms with Gasteiger partial charge in [0.25, 0.3) is 5.69 Å². The van der Waals surface area contributed by atoms with Crippen LogP contribution in [0, 0.1) is 10.1 Å². The number of non-ortho nitro benzene ring substituents is 1. The quantitative estimate of drug-likeness (QED) is 0.374. The van der Waals surface area contributed by atoms with Crippen LogP contribution in [0.5, 0.6) is 11.5 Å². The van der Waals surface area contributed by atoms with Gasteiger partial charge in [-0.1, -0.05) is 12.1 Å². The molecule has 0 unspecified atom stereocenters. The highest BCUT2D eigenvalue weighted by Crippen LogP contribution is 2.43. The molecule has 32 heavy (non-hydrogen) atoms.